The smallest absolute Gasteiger partial charge is 0.227 e. The van der Waals surface area contributed by atoms with Crippen LogP contribution in [-0.2, 0) is 17.2 Å². The number of aryl methyl sites for hydroxylation is 1. The summed E-state index contributed by atoms with van der Waals surface area (Å²) >= 11 is 0. The quantitative estimate of drug-likeness (QED) is 0.601. The molecular formula is C23H24FN5OS. The minimum atomic E-state index is -1.14. The summed E-state index contributed by atoms with van der Waals surface area (Å²) in [6.45, 7) is 1.69. The molecule has 0 saturated carbocycles. The average molecular weight is 438 g/mol. The third-order valence-electron chi connectivity index (χ3n) is 5.95. The fourth-order valence-corrected chi connectivity index (χ4v) is 5.60. The van der Waals surface area contributed by atoms with E-state index >= 15 is 0 Å². The topological polar surface area (TPSA) is 84.1 Å². The Balaban J connectivity index is 1.39. The molecule has 0 amide bonds. The Bertz CT molecular complexity index is 1130. The maximum atomic E-state index is 13.6. The van der Waals surface area contributed by atoms with E-state index in [2.05, 4.69) is 22.3 Å². The molecule has 1 aromatic heterocycles. The molecule has 1 fully saturated rings. The second kappa shape index (κ2) is 8.26. The van der Waals surface area contributed by atoms with Crippen LogP contribution in [0.15, 0.2) is 53.4 Å². The van der Waals surface area contributed by atoms with Gasteiger partial charge in [-0.3, -0.25) is 4.21 Å². The number of benzene rings is 2. The van der Waals surface area contributed by atoms with E-state index in [-0.39, 0.29) is 5.82 Å². The number of hydrogen-bond acceptors (Lipinski definition) is 6. The first-order valence-corrected chi connectivity index (χ1v) is 11.8. The molecule has 3 N–H and O–H groups in total. The number of nitrogens with two attached hydrogens (primary N) is 1. The van der Waals surface area contributed by atoms with Crippen LogP contribution in [0, 0.1) is 5.82 Å². The van der Waals surface area contributed by atoms with E-state index in [9.17, 15) is 8.60 Å². The molecule has 3 aromatic rings. The van der Waals surface area contributed by atoms with Gasteiger partial charge < -0.3 is 16.0 Å². The summed E-state index contributed by atoms with van der Waals surface area (Å²) in [5, 5.41) is 3.17. The van der Waals surface area contributed by atoms with Crippen LogP contribution in [0.1, 0.15) is 30.0 Å². The molecule has 1 saturated heterocycles. The van der Waals surface area contributed by atoms with Crippen LogP contribution in [0.3, 0.4) is 0 Å². The van der Waals surface area contributed by atoms with Crippen molar-refractivity contribution in [1.82, 2.24) is 9.97 Å². The first-order chi connectivity index (χ1) is 15.1. The Labute approximate surface area is 183 Å². The fourth-order valence-electron chi connectivity index (χ4n) is 4.29. The number of piperidine rings is 1. The van der Waals surface area contributed by atoms with Crippen LogP contribution in [-0.4, -0.2) is 33.0 Å². The SMILES string of the molecule is Nc1ccc(C2CCN(c3nc4c(c(Nc5cccc(F)c5)n3)S(=O)CC4)CC2)cc1. The van der Waals surface area contributed by atoms with Crippen LogP contribution in [0.5, 0.6) is 0 Å². The molecule has 0 bridgehead atoms. The maximum absolute atomic E-state index is 13.6. The van der Waals surface area contributed by atoms with Crippen LogP contribution in [0.4, 0.5) is 27.5 Å². The molecule has 0 aliphatic carbocycles. The molecule has 160 valence electrons. The van der Waals surface area contributed by atoms with Gasteiger partial charge in [0, 0.05) is 36.6 Å². The third-order valence-corrected chi connectivity index (χ3v) is 7.41. The van der Waals surface area contributed by atoms with Gasteiger partial charge in [0.05, 0.1) is 16.5 Å². The molecule has 3 heterocycles. The van der Waals surface area contributed by atoms with Crippen molar-refractivity contribution in [1.29, 1.82) is 0 Å². The molecule has 1 atom stereocenters. The van der Waals surface area contributed by atoms with Crippen LogP contribution in [0.2, 0.25) is 0 Å². The van der Waals surface area contributed by atoms with Gasteiger partial charge in [0.15, 0.2) is 5.82 Å². The Morgan fingerprint density at radius 3 is 2.61 bits per heavy atom. The standard InChI is InChI=1S/C23H24FN5OS/c24-17-2-1-3-19(14-17)26-22-21-20(10-13-31(21)30)27-23(28-22)29-11-8-16(9-12-29)15-4-6-18(25)7-5-15/h1-7,14,16H,8-13,25H2,(H,26,27,28). The van der Waals surface area contributed by atoms with Gasteiger partial charge in [-0.2, -0.15) is 4.98 Å². The highest BCUT2D eigenvalue weighted by molar-refractivity contribution is 7.85. The predicted molar refractivity (Wildman–Crippen MR) is 122 cm³/mol. The number of anilines is 4. The Kier molecular flexibility index (Phi) is 5.31. The van der Waals surface area contributed by atoms with Gasteiger partial charge in [-0.05, 0) is 54.7 Å². The van der Waals surface area contributed by atoms with Gasteiger partial charge in [-0.1, -0.05) is 18.2 Å². The van der Waals surface area contributed by atoms with E-state index in [0.29, 0.717) is 40.4 Å². The molecule has 2 aliphatic rings. The number of halogens is 1. The molecule has 6 nitrogen and oxygen atoms in total. The summed E-state index contributed by atoms with van der Waals surface area (Å²) in [6.07, 6.45) is 2.67. The van der Waals surface area contributed by atoms with Gasteiger partial charge in [0.1, 0.15) is 10.7 Å². The molecular weight excluding hydrogens is 413 g/mol. The van der Waals surface area contributed by atoms with Gasteiger partial charge in [-0.25, -0.2) is 9.37 Å². The van der Waals surface area contributed by atoms with Crippen molar-refractivity contribution in [3.05, 3.63) is 65.6 Å². The lowest BCUT2D eigenvalue weighted by molar-refractivity contribution is 0.499. The van der Waals surface area contributed by atoms with Gasteiger partial charge in [0.2, 0.25) is 5.95 Å². The van der Waals surface area contributed by atoms with Crippen molar-refractivity contribution in [3.8, 4) is 0 Å². The molecule has 0 radical (unpaired) electrons. The minimum Gasteiger partial charge on any atom is -0.399 e. The highest BCUT2D eigenvalue weighted by atomic mass is 32.2. The number of nitrogens with zero attached hydrogens (tertiary/aromatic N) is 3. The first kappa shape index (κ1) is 19.9. The number of aromatic nitrogens is 2. The molecule has 8 heteroatoms. The molecule has 31 heavy (non-hydrogen) atoms. The number of nitrogen functional groups attached to an aromatic ring is 1. The van der Waals surface area contributed by atoms with Crippen LogP contribution < -0.4 is 16.0 Å². The van der Waals surface area contributed by atoms with Crippen molar-refractivity contribution < 1.29 is 8.60 Å². The second-order valence-corrected chi connectivity index (χ2v) is 9.52. The number of nitrogens with one attached hydrogen (secondary N) is 1. The zero-order valence-electron chi connectivity index (χ0n) is 17.1. The largest absolute Gasteiger partial charge is 0.399 e. The zero-order chi connectivity index (χ0) is 21.4. The summed E-state index contributed by atoms with van der Waals surface area (Å²) in [5.74, 6) is 1.87. The lowest BCUT2D eigenvalue weighted by Gasteiger charge is -2.32. The summed E-state index contributed by atoms with van der Waals surface area (Å²) in [4.78, 5) is 12.3. The number of fused-ring (bicyclic) bond motifs is 1. The Morgan fingerprint density at radius 1 is 1.10 bits per heavy atom. The third kappa shape index (κ3) is 4.12. The summed E-state index contributed by atoms with van der Waals surface area (Å²) in [6, 6.07) is 14.3. The Morgan fingerprint density at radius 2 is 1.87 bits per heavy atom. The highest BCUT2D eigenvalue weighted by Crippen LogP contribution is 2.34. The van der Waals surface area contributed by atoms with E-state index in [0.717, 1.165) is 37.3 Å². The maximum Gasteiger partial charge on any atom is 0.227 e. The van der Waals surface area contributed by atoms with E-state index < -0.39 is 10.8 Å². The average Bonchev–Trinajstić information content (AvgIpc) is 3.15. The second-order valence-electron chi connectivity index (χ2n) is 8.01. The van der Waals surface area contributed by atoms with Crippen molar-refractivity contribution in [2.45, 2.75) is 30.1 Å². The summed E-state index contributed by atoms with van der Waals surface area (Å²) in [7, 11) is -1.14. The van der Waals surface area contributed by atoms with E-state index in [4.69, 9.17) is 15.7 Å². The number of rotatable bonds is 4. The molecule has 0 spiro atoms. The van der Waals surface area contributed by atoms with Gasteiger partial charge >= 0.3 is 0 Å². The molecule has 1 unspecified atom stereocenters. The van der Waals surface area contributed by atoms with E-state index in [1.165, 1.54) is 17.7 Å². The van der Waals surface area contributed by atoms with Crippen molar-refractivity contribution in [3.63, 3.8) is 0 Å². The normalized spacial score (nSPS) is 18.7. The molecule has 2 aromatic carbocycles. The molecule has 2 aliphatic heterocycles. The first-order valence-electron chi connectivity index (χ1n) is 10.5. The van der Waals surface area contributed by atoms with E-state index in [1.54, 1.807) is 12.1 Å². The fraction of sp³-hybridized carbons (Fsp3) is 0.304. The van der Waals surface area contributed by atoms with Crippen molar-refractivity contribution in [2.75, 3.05) is 34.8 Å². The zero-order valence-corrected chi connectivity index (χ0v) is 17.9. The summed E-state index contributed by atoms with van der Waals surface area (Å²) in [5.41, 5.74) is 9.31. The molecule has 5 rings (SSSR count). The van der Waals surface area contributed by atoms with Crippen molar-refractivity contribution in [2.24, 2.45) is 0 Å². The lowest BCUT2D eigenvalue weighted by Crippen LogP contribution is -2.34. The Hall–Kier alpha value is -3.00. The van der Waals surface area contributed by atoms with Gasteiger partial charge in [0.25, 0.3) is 0 Å². The van der Waals surface area contributed by atoms with E-state index in [1.807, 2.05) is 12.1 Å². The van der Waals surface area contributed by atoms with Gasteiger partial charge in [-0.15, -0.1) is 0 Å². The summed E-state index contributed by atoms with van der Waals surface area (Å²) < 4.78 is 26.2. The minimum absolute atomic E-state index is 0.332. The number of hydrogen-bond donors (Lipinski definition) is 2. The lowest BCUT2D eigenvalue weighted by atomic mass is 9.89. The predicted octanol–water partition coefficient (Wildman–Crippen LogP) is 3.99. The monoisotopic (exact) mass is 437 g/mol. The van der Waals surface area contributed by atoms with Crippen LogP contribution >= 0.6 is 0 Å². The van der Waals surface area contributed by atoms with Crippen LogP contribution in [0.25, 0.3) is 0 Å². The van der Waals surface area contributed by atoms with Crippen molar-refractivity contribution >= 4 is 33.9 Å². The highest BCUT2D eigenvalue weighted by Gasteiger charge is 2.29.